The molecule has 2 unspecified atom stereocenters. The molecule has 2 bridgehead atoms. The lowest BCUT2D eigenvalue weighted by atomic mass is 9.73. The molecule has 1 N–H and O–H groups in total. The van der Waals surface area contributed by atoms with Gasteiger partial charge in [0.2, 0.25) is 0 Å². The zero-order chi connectivity index (χ0) is 42.9. The molecule has 0 radical (unpaired) electrons. The van der Waals surface area contributed by atoms with Crippen molar-refractivity contribution in [2.75, 3.05) is 20.7 Å². The third-order valence-electron chi connectivity index (χ3n) is 12.2. The molecular weight excluding hydrogens is 778 g/mol. The second kappa shape index (κ2) is 18.4. The minimum Gasteiger partial charge on any atom is -0.459 e. The number of hydrogen-bond acceptors (Lipinski definition) is 15. The van der Waals surface area contributed by atoms with E-state index in [1.807, 2.05) is 32.8 Å². The molecule has 4 aliphatic rings. The number of hydrogen-bond donors (Lipinski definition) is 1. The van der Waals surface area contributed by atoms with Crippen molar-refractivity contribution in [1.82, 2.24) is 4.90 Å². The van der Waals surface area contributed by atoms with Gasteiger partial charge in [-0.1, -0.05) is 57.5 Å². The van der Waals surface area contributed by atoms with Crippen molar-refractivity contribution in [3.05, 3.63) is 47.5 Å². The molecule has 15 nitrogen and oxygen atoms in total. The van der Waals surface area contributed by atoms with Crippen LogP contribution in [0.1, 0.15) is 86.3 Å². The van der Waals surface area contributed by atoms with Crippen molar-refractivity contribution in [2.24, 2.45) is 23.7 Å². The Balaban J connectivity index is 1.67. The summed E-state index contributed by atoms with van der Waals surface area (Å²) < 4.78 is 55.3. The van der Waals surface area contributed by atoms with E-state index in [1.54, 1.807) is 65.8 Å². The summed E-state index contributed by atoms with van der Waals surface area (Å²) >= 11 is 6.17. The molecule has 4 fully saturated rings. The highest BCUT2D eigenvalue weighted by Crippen LogP contribution is 2.46. The minimum atomic E-state index is -1.55. The third-order valence-corrected chi connectivity index (χ3v) is 12.5. The lowest BCUT2D eigenvalue weighted by Gasteiger charge is -2.47. The maximum atomic E-state index is 14.5. The van der Waals surface area contributed by atoms with E-state index < -0.39 is 108 Å². The zero-order valence-electron chi connectivity index (χ0n) is 35.1. The van der Waals surface area contributed by atoms with Gasteiger partial charge in [0.05, 0.1) is 18.6 Å². The van der Waals surface area contributed by atoms with Gasteiger partial charge in [-0.2, -0.15) is 0 Å². The molecule has 16 heteroatoms. The fraction of sp³-hybridized carbons (Fsp3) is 0.714. The van der Waals surface area contributed by atoms with Crippen molar-refractivity contribution in [3.8, 4) is 0 Å². The second-order valence-electron chi connectivity index (χ2n) is 16.9. The van der Waals surface area contributed by atoms with Crippen LogP contribution >= 0.6 is 11.6 Å². The highest BCUT2D eigenvalue weighted by Gasteiger charge is 2.61. The second-order valence-corrected chi connectivity index (χ2v) is 17.4. The Hall–Kier alpha value is -3.47. The highest BCUT2D eigenvalue weighted by atomic mass is 35.5. The van der Waals surface area contributed by atoms with Crippen molar-refractivity contribution >= 4 is 35.9 Å². The highest BCUT2D eigenvalue weighted by molar-refractivity contribution is 6.30. The molecule has 0 saturated carbocycles. The number of likely N-dealkylation sites (N-methyl/N-ethyl adjacent to an activating group) is 1. The van der Waals surface area contributed by atoms with Gasteiger partial charge in [0.1, 0.15) is 36.1 Å². The molecule has 4 heterocycles. The summed E-state index contributed by atoms with van der Waals surface area (Å²) in [6, 6.07) is 6.11. The van der Waals surface area contributed by atoms with Crippen molar-refractivity contribution < 1.29 is 66.9 Å². The maximum Gasteiger partial charge on any atom is 0.509 e. The minimum absolute atomic E-state index is 0.0156. The van der Waals surface area contributed by atoms with Gasteiger partial charge in [-0.25, -0.2) is 14.4 Å². The Kier molecular flexibility index (Phi) is 14.5. The summed E-state index contributed by atoms with van der Waals surface area (Å²) in [6.45, 7) is 17.5. The number of carbonyl (C=O) groups is 4. The molecule has 0 aliphatic carbocycles. The number of rotatable bonds is 10. The van der Waals surface area contributed by atoms with Gasteiger partial charge in [0.25, 0.3) is 0 Å². The van der Waals surface area contributed by atoms with E-state index in [4.69, 9.17) is 54.2 Å². The molecule has 0 spiro atoms. The van der Waals surface area contributed by atoms with Gasteiger partial charge in [-0.05, 0) is 84.7 Å². The molecule has 4 saturated heterocycles. The summed E-state index contributed by atoms with van der Waals surface area (Å²) in [5.74, 6) is -4.91. The first-order valence-electron chi connectivity index (χ1n) is 20.1. The molecule has 16 atom stereocenters. The molecule has 1 aromatic rings. The SMILES string of the molecule is C=CCOC(C(=O)O[C@H]1[C@H](C)[C@@H](O[C@H]2O[C@@H](C)C[C@@H](N(C)C)[C@@H]2O)[C@@]2(C)C[C@@H](C)C(OC(=O)O2)[C@H](C)[C@H]2OC(=O)O[C@]2(C)[C@@H](CC)OC(=O)[C@@H]1C)c1ccc(Cl)cc1. The molecule has 0 aromatic heterocycles. The van der Waals surface area contributed by atoms with Gasteiger partial charge in [-0.15, -0.1) is 6.58 Å². The van der Waals surface area contributed by atoms with Crippen LogP contribution in [-0.2, 0) is 52.2 Å². The van der Waals surface area contributed by atoms with E-state index in [2.05, 4.69) is 6.58 Å². The first kappa shape index (κ1) is 45.6. The topological polar surface area (TPSA) is 175 Å². The number of ether oxygens (including phenoxy) is 9. The van der Waals surface area contributed by atoms with Crippen molar-refractivity contribution in [2.45, 2.75) is 147 Å². The van der Waals surface area contributed by atoms with Crippen molar-refractivity contribution in [3.63, 3.8) is 0 Å². The van der Waals surface area contributed by atoms with Gasteiger partial charge < -0.3 is 52.6 Å². The predicted octanol–water partition coefficient (Wildman–Crippen LogP) is 6.16. The smallest absolute Gasteiger partial charge is 0.459 e. The summed E-state index contributed by atoms with van der Waals surface area (Å²) in [6.07, 6.45) is -9.11. The Bertz CT molecular complexity index is 1640. The molecule has 58 heavy (non-hydrogen) atoms. The number of benzene rings is 1. The van der Waals surface area contributed by atoms with Crippen LogP contribution in [0, 0.1) is 23.7 Å². The van der Waals surface area contributed by atoms with Crippen LogP contribution in [0.25, 0.3) is 0 Å². The molecule has 0 amide bonds. The molecular formula is C42H60ClNO14. The largest absolute Gasteiger partial charge is 0.509 e. The standard InChI is InChI=1S/C42H60ClNO14/c1-12-18-50-33(26-14-16-27(43)17-15-26)37(47)53-32-24(6)34(55-38-30(45)28(44(10)11)19-22(4)51-38)41(8)20-21(3)31(54-39(48)57-41)23(5)35-42(9,58-40(49)56-35)29(13-2)52-36(46)25(32)7/h12,14-17,21-25,28-35,38,45H,1,13,18-20H2,2-11H3/t21-,22+,23+,24+,25-,28-,29-,30+,31?,32+,33?,34-,35-,38-,41-,42-/m1/s1. The van der Waals surface area contributed by atoms with Crippen LogP contribution in [0.3, 0.4) is 0 Å². The van der Waals surface area contributed by atoms with E-state index in [-0.39, 0.29) is 31.6 Å². The van der Waals surface area contributed by atoms with E-state index >= 15 is 0 Å². The summed E-state index contributed by atoms with van der Waals surface area (Å²) in [4.78, 5) is 57.5. The van der Waals surface area contributed by atoms with Crippen molar-refractivity contribution in [1.29, 1.82) is 0 Å². The summed E-state index contributed by atoms with van der Waals surface area (Å²) in [5, 5.41) is 12.1. The van der Waals surface area contributed by atoms with E-state index in [1.165, 1.54) is 6.08 Å². The summed E-state index contributed by atoms with van der Waals surface area (Å²) in [5.41, 5.74) is -2.62. The fourth-order valence-electron chi connectivity index (χ4n) is 9.32. The number of halogens is 1. The maximum absolute atomic E-state index is 14.5. The zero-order valence-corrected chi connectivity index (χ0v) is 35.8. The van der Waals surface area contributed by atoms with Crippen LogP contribution in [-0.4, -0.2) is 121 Å². The number of esters is 2. The molecule has 5 rings (SSSR count). The lowest BCUT2D eigenvalue weighted by molar-refractivity contribution is -0.299. The molecule has 324 valence electrons. The Morgan fingerprint density at radius 1 is 1.02 bits per heavy atom. The third kappa shape index (κ3) is 9.44. The van der Waals surface area contributed by atoms with Crippen LogP contribution in [0.15, 0.2) is 36.9 Å². The summed E-state index contributed by atoms with van der Waals surface area (Å²) in [7, 11) is 3.69. The van der Waals surface area contributed by atoms with Gasteiger partial charge in [0, 0.05) is 22.9 Å². The average molecular weight is 838 g/mol. The van der Waals surface area contributed by atoms with Gasteiger partial charge in [-0.3, -0.25) is 4.79 Å². The number of fused-ring (bicyclic) bond motifs is 4. The monoisotopic (exact) mass is 837 g/mol. The number of carbonyl (C=O) groups excluding carboxylic acids is 4. The Morgan fingerprint density at radius 3 is 2.29 bits per heavy atom. The van der Waals surface area contributed by atoms with Crippen LogP contribution in [0.2, 0.25) is 5.02 Å². The van der Waals surface area contributed by atoms with E-state index in [9.17, 15) is 24.3 Å². The average Bonchev–Trinajstić information content (AvgIpc) is 3.41. The number of cyclic esters (lactones) is 1. The normalized spacial score (nSPS) is 40.1. The van der Waals surface area contributed by atoms with E-state index in [0.717, 1.165) is 0 Å². The number of aliphatic hydroxyl groups excluding tert-OH is 1. The van der Waals surface area contributed by atoms with Crippen LogP contribution < -0.4 is 0 Å². The van der Waals surface area contributed by atoms with Crippen LogP contribution in [0.5, 0.6) is 0 Å². The van der Waals surface area contributed by atoms with Gasteiger partial charge >= 0.3 is 24.2 Å². The Morgan fingerprint density at radius 2 is 1.67 bits per heavy atom. The number of nitrogens with zero attached hydrogens (tertiary/aromatic N) is 1. The van der Waals surface area contributed by atoms with E-state index in [0.29, 0.717) is 17.0 Å². The molecule has 4 aliphatic heterocycles. The first-order chi connectivity index (χ1) is 27.2. The lowest BCUT2D eigenvalue weighted by Crippen LogP contribution is -2.60. The first-order valence-corrected chi connectivity index (χ1v) is 20.5. The predicted molar refractivity (Wildman–Crippen MR) is 208 cm³/mol. The number of aliphatic hydroxyl groups is 1. The fourth-order valence-corrected chi connectivity index (χ4v) is 9.44. The van der Waals surface area contributed by atoms with Crippen LogP contribution in [0.4, 0.5) is 9.59 Å². The molecule has 1 aromatic carbocycles. The van der Waals surface area contributed by atoms with Gasteiger partial charge in [0.15, 0.2) is 24.1 Å². The quantitative estimate of drug-likeness (QED) is 0.161. The Labute approximate surface area is 345 Å².